The second kappa shape index (κ2) is 13.4. The highest BCUT2D eigenvalue weighted by molar-refractivity contribution is 6.08. The zero-order valence-corrected chi connectivity index (χ0v) is 24.4. The van der Waals surface area contributed by atoms with Crippen LogP contribution in [-0.4, -0.2) is 86.5 Å². The summed E-state index contributed by atoms with van der Waals surface area (Å²) in [4.78, 5) is 45.9. The summed E-state index contributed by atoms with van der Waals surface area (Å²) >= 11 is 0. The van der Waals surface area contributed by atoms with Crippen molar-refractivity contribution in [2.75, 3.05) is 51.8 Å². The lowest BCUT2D eigenvalue weighted by Crippen LogP contribution is -2.54. The Labute approximate surface area is 238 Å². The van der Waals surface area contributed by atoms with Crippen molar-refractivity contribution in [1.82, 2.24) is 15.1 Å². The quantitative estimate of drug-likeness (QED) is 0.440. The van der Waals surface area contributed by atoms with Gasteiger partial charge in [-0.3, -0.25) is 14.4 Å². The zero-order chi connectivity index (χ0) is 28.7. The van der Waals surface area contributed by atoms with Crippen molar-refractivity contribution in [2.24, 2.45) is 0 Å². The van der Waals surface area contributed by atoms with E-state index >= 15 is 0 Å². The van der Waals surface area contributed by atoms with Crippen molar-refractivity contribution in [3.05, 3.63) is 65.7 Å². The van der Waals surface area contributed by atoms with Crippen molar-refractivity contribution < 1.29 is 19.1 Å². The molecule has 40 heavy (non-hydrogen) atoms. The predicted octanol–water partition coefficient (Wildman–Crippen LogP) is 3.39. The van der Waals surface area contributed by atoms with E-state index in [9.17, 15) is 14.4 Å². The standard InChI is InChI=1S/C32H44N4O4/c1-32(2)26-12-8-9-13-28(26)36(31(32)39)25-16-20-35(21-17-25)30(38)27(15-14-24-10-6-5-7-11-24)33-29(37)18-19-34(3)22-23-40-4/h5-13,25,27H,14-23H2,1-4H3,(H,33,37)/t27-/m0/s1. The van der Waals surface area contributed by atoms with Gasteiger partial charge >= 0.3 is 0 Å². The third-order valence-electron chi connectivity index (χ3n) is 8.33. The van der Waals surface area contributed by atoms with Crippen LogP contribution in [0.5, 0.6) is 0 Å². The van der Waals surface area contributed by atoms with E-state index in [2.05, 4.69) is 5.32 Å². The number of hydrogen-bond acceptors (Lipinski definition) is 5. The fourth-order valence-electron chi connectivity index (χ4n) is 5.80. The third kappa shape index (κ3) is 6.91. The molecule has 2 aliphatic rings. The Morgan fingerprint density at radius 1 is 1.05 bits per heavy atom. The van der Waals surface area contributed by atoms with Crippen molar-refractivity contribution in [3.8, 4) is 0 Å². The lowest BCUT2D eigenvalue weighted by molar-refractivity contribution is -0.137. The van der Waals surface area contributed by atoms with Gasteiger partial charge in [0, 0.05) is 51.4 Å². The Balaban J connectivity index is 1.38. The van der Waals surface area contributed by atoms with Gasteiger partial charge in [0.25, 0.3) is 0 Å². The highest BCUT2D eigenvalue weighted by Gasteiger charge is 2.46. The molecule has 3 amide bonds. The topological polar surface area (TPSA) is 82.2 Å². The fraction of sp³-hybridized carbons (Fsp3) is 0.531. The average molecular weight is 549 g/mol. The lowest BCUT2D eigenvalue weighted by atomic mass is 9.86. The Morgan fingerprint density at radius 2 is 1.73 bits per heavy atom. The minimum Gasteiger partial charge on any atom is -0.383 e. The Kier molecular flexibility index (Phi) is 9.98. The number of hydrogen-bond donors (Lipinski definition) is 1. The number of para-hydroxylation sites is 1. The lowest BCUT2D eigenvalue weighted by Gasteiger charge is -2.38. The number of amides is 3. The number of carbonyl (C=O) groups is 3. The number of likely N-dealkylation sites (tertiary alicyclic amines) is 1. The van der Waals surface area contributed by atoms with E-state index in [-0.39, 0.29) is 23.8 Å². The summed E-state index contributed by atoms with van der Waals surface area (Å²) in [6, 6.07) is 17.6. The number of likely N-dealkylation sites (N-methyl/N-ethyl adjacent to an activating group) is 1. The summed E-state index contributed by atoms with van der Waals surface area (Å²) < 4.78 is 5.12. The van der Waals surface area contributed by atoms with Gasteiger partial charge in [0.05, 0.1) is 12.0 Å². The first kappa shape index (κ1) is 29.7. The summed E-state index contributed by atoms with van der Waals surface area (Å²) in [7, 11) is 3.62. The van der Waals surface area contributed by atoms with Crippen molar-refractivity contribution in [3.63, 3.8) is 0 Å². The zero-order valence-electron chi connectivity index (χ0n) is 24.4. The molecule has 0 saturated carbocycles. The molecule has 8 nitrogen and oxygen atoms in total. The van der Waals surface area contributed by atoms with Gasteiger partial charge in [-0.15, -0.1) is 0 Å². The van der Waals surface area contributed by atoms with E-state index < -0.39 is 11.5 Å². The summed E-state index contributed by atoms with van der Waals surface area (Å²) in [5.74, 6) is -0.0297. The number of ether oxygens (including phenoxy) is 1. The van der Waals surface area contributed by atoms with Crippen LogP contribution in [-0.2, 0) is 31.0 Å². The van der Waals surface area contributed by atoms with E-state index in [1.54, 1.807) is 7.11 Å². The summed E-state index contributed by atoms with van der Waals surface area (Å²) in [6.45, 7) is 7.06. The number of benzene rings is 2. The highest BCUT2D eigenvalue weighted by Crippen LogP contribution is 2.43. The number of methoxy groups -OCH3 is 1. The number of fused-ring (bicyclic) bond motifs is 1. The molecule has 1 atom stereocenters. The molecule has 0 spiro atoms. The SMILES string of the molecule is COCCN(C)CCC(=O)N[C@@H](CCc1ccccc1)C(=O)N1CCC(N2C(=O)C(C)(C)c3ccccc32)CC1. The van der Waals surface area contributed by atoms with Crippen molar-refractivity contribution in [2.45, 2.75) is 63.5 Å². The molecule has 2 aliphatic heterocycles. The second-order valence-electron chi connectivity index (χ2n) is 11.6. The highest BCUT2D eigenvalue weighted by atomic mass is 16.5. The van der Waals surface area contributed by atoms with Gasteiger partial charge in [-0.05, 0) is 63.8 Å². The van der Waals surface area contributed by atoms with E-state index in [4.69, 9.17) is 4.74 Å². The number of carbonyl (C=O) groups excluding carboxylic acids is 3. The summed E-state index contributed by atoms with van der Waals surface area (Å²) in [5, 5.41) is 3.04. The fourth-order valence-corrected chi connectivity index (χ4v) is 5.80. The molecule has 216 valence electrons. The van der Waals surface area contributed by atoms with Gasteiger partial charge in [0.2, 0.25) is 17.7 Å². The molecule has 0 bridgehead atoms. The molecule has 0 aromatic heterocycles. The predicted molar refractivity (Wildman–Crippen MR) is 157 cm³/mol. The number of aryl methyl sites for hydroxylation is 1. The first-order chi connectivity index (χ1) is 19.2. The van der Waals surface area contributed by atoms with Crippen molar-refractivity contribution >= 4 is 23.4 Å². The summed E-state index contributed by atoms with van der Waals surface area (Å²) in [6.07, 6.45) is 3.00. The molecule has 1 fully saturated rings. The Bertz CT molecular complexity index is 1160. The summed E-state index contributed by atoms with van der Waals surface area (Å²) in [5.41, 5.74) is 2.65. The minimum absolute atomic E-state index is 0.0380. The van der Waals surface area contributed by atoms with Crippen LogP contribution in [0.1, 0.15) is 50.7 Å². The van der Waals surface area contributed by atoms with Crippen LogP contribution in [0.4, 0.5) is 5.69 Å². The molecule has 2 aromatic carbocycles. The maximum atomic E-state index is 13.7. The molecule has 0 aliphatic carbocycles. The Hall–Kier alpha value is -3.23. The van der Waals surface area contributed by atoms with Gasteiger partial charge < -0.3 is 24.8 Å². The second-order valence-corrected chi connectivity index (χ2v) is 11.6. The Morgan fingerprint density at radius 3 is 2.42 bits per heavy atom. The van der Waals surface area contributed by atoms with E-state index in [0.29, 0.717) is 58.3 Å². The molecule has 0 unspecified atom stereocenters. The molecule has 0 radical (unpaired) electrons. The smallest absolute Gasteiger partial charge is 0.245 e. The molecule has 1 saturated heterocycles. The monoisotopic (exact) mass is 548 g/mol. The number of nitrogens with one attached hydrogen (secondary N) is 1. The molecule has 8 heteroatoms. The van der Waals surface area contributed by atoms with Gasteiger partial charge in [-0.2, -0.15) is 0 Å². The van der Waals surface area contributed by atoms with Crippen LogP contribution in [0.15, 0.2) is 54.6 Å². The molecular weight excluding hydrogens is 504 g/mol. The van der Waals surface area contributed by atoms with Gasteiger partial charge in [-0.1, -0.05) is 48.5 Å². The van der Waals surface area contributed by atoms with E-state index in [1.165, 1.54) is 0 Å². The molecule has 2 heterocycles. The van der Waals surface area contributed by atoms with Gasteiger partial charge in [-0.25, -0.2) is 0 Å². The molecule has 2 aromatic rings. The molecular formula is C32H44N4O4. The van der Waals surface area contributed by atoms with Crippen molar-refractivity contribution in [1.29, 1.82) is 0 Å². The van der Waals surface area contributed by atoms with Gasteiger partial charge in [0.1, 0.15) is 6.04 Å². The first-order valence-corrected chi connectivity index (χ1v) is 14.4. The van der Waals surface area contributed by atoms with Crippen LogP contribution in [0.2, 0.25) is 0 Å². The number of rotatable bonds is 12. The van der Waals surface area contributed by atoms with Crippen LogP contribution < -0.4 is 10.2 Å². The average Bonchev–Trinajstić information content (AvgIpc) is 3.18. The number of nitrogens with zero attached hydrogens (tertiary/aromatic N) is 3. The van der Waals surface area contributed by atoms with E-state index in [0.717, 1.165) is 23.4 Å². The van der Waals surface area contributed by atoms with Crippen LogP contribution in [0, 0.1) is 0 Å². The first-order valence-electron chi connectivity index (χ1n) is 14.4. The third-order valence-corrected chi connectivity index (χ3v) is 8.33. The van der Waals surface area contributed by atoms with E-state index in [1.807, 2.05) is 90.2 Å². The number of anilines is 1. The molecule has 4 rings (SSSR count). The minimum atomic E-state index is -0.582. The normalized spacial score (nSPS) is 17.7. The maximum absolute atomic E-state index is 13.7. The van der Waals surface area contributed by atoms with Gasteiger partial charge in [0.15, 0.2) is 0 Å². The molecule has 1 N–H and O–H groups in total. The van der Waals surface area contributed by atoms with Crippen LogP contribution in [0.3, 0.4) is 0 Å². The maximum Gasteiger partial charge on any atom is 0.245 e. The number of piperidine rings is 1. The largest absolute Gasteiger partial charge is 0.383 e. The van der Waals surface area contributed by atoms with Crippen LogP contribution in [0.25, 0.3) is 0 Å². The van der Waals surface area contributed by atoms with Crippen LogP contribution >= 0.6 is 0 Å².